The van der Waals surface area contributed by atoms with Gasteiger partial charge in [-0.2, -0.15) is 5.10 Å². The van der Waals surface area contributed by atoms with Crippen LogP contribution in [-0.4, -0.2) is 30.3 Å². The number of H-pyrrole nitrogens is 1. The van der Waals surface area contributed by atoms with E-state index in [4.69, 9.17) is 9.47 Å². The van der Waals surface area contributed by atoms with Crippen LogP contribution in [0.15, 0.2) is 29.1 Å². The van der Waals surface area contributed by atoms with Crippen LogP contribution in [0.1, 0.15) is 34.6 Å². The fraction of sp³-hybridized carbons (Fsp3) is 0.312. The van der Waals surface area contributed by atoms with Gasteiger partial charge in [-0.3, -0.25) is 9.59 Å². The SMILES string of the molecule is COc1cc(C)c([C@H](C)NC(=O)c2ccc(=O)[nH]n2)cc1OC. The molecule has 0 spiro atoms. The molecule has 0 aliphatic rings. The van der Waals surface area contributed by atoms with E-state index in [9.17, 15) is 9.59 Å². The van der Waals surface area contributed by atoms with Gasteiger partial charge in [0.15, 0.2) is 11.5 Å². The Bertz CT molecular complexity index is 750. The van der Waals surface area contributed by atoms with E-state index >= 15 is 0 Å². The average molecular weight is 317 g/mol. The highest BCUT2D eigenvalue weighted by Gasteiger charge is 2.17. The number of aromatic amines is 1. The van der Waals surface area contributed by atoms with Gasteiger partial charge in [-0.05, 0) is 43.2 Å². The summed E-state index contributed by atoms with van der Waals surface area (Å²) in [4.78, 5) is 23.2. The van der Waals surface area contributed by atoms with Gasteiger partial charge in [0.05, 0.1) is 20.3 Å². The number of carbonyl (C=O) groups excluding carboxylic acids is 1. The molecule has 0 saturated carbocycles. The number of rotatable bonds is 5. The maximum absolute atomic E-state index is 12.2. The average Bonchev–Trinajstić information content (AvgIpc) is 2.54. The highest BCUT2D eigenvalue weighted by Crippen LogP contribution is 2.32. The van der Waals surface area contributed by atoms with Gasteiger partial charge in [-0.15, -0.1) is 0 Å². The molecule has 2 aromatic rings. The summed E-state index contributed by atoms with van der Waals surface area (Å²) in [5.74, 6) is 0.855. The maximum atomic E-state index is 12.2. The Labute approximate surface area is 133 Å². The molecule has 0 aliphatic carbocycles. The maximum Gasteiger partial charge on any atom is 0.272 e. The lowest BCUT2D eigenvalue weighted by Crippen LogP contribution is -2.28. The van der Waals surface area contributed by atoms with E-state index < -0.39 is 0 Å². The number of carbonyl (C=O) groups is 1. The van der Waals surface area contributed by atoms with Crippen molar-refractivity contribution in [3.8, 4) is 11.5 Å². The zero-order chi connectivity index (χ0) is 17.0. The molecule has 1 atom stereocenters. The van der Waals surface area contributed by atoms with Gasteiger partial charge in [0.2, 0.25) is 0 Å². The van der Waals surface area contributed by atoms with Crippen LogP contribution in [0.4, 0.5) is 0 Å². The zero-order valence-electron chi connectivity index (χ0n) is 13.5. The topological polar surface area (TPSA) is 93.3 Å². The molecule has 7 nitrogen and oxygen atoms in total. The van der Waals surface area contributed by atoms with Crippen LogP contribution in [0, 0.1) is 6.92 Å². The summed E-state index contributed by atoms with van der Waals surface area (Å²) in [6.07, 6.45) is 0. The molecular weight excluding hydrogens is 298 g/mol. The molecule has 0 fully saturated rings. The van der Waals surface area contributed by atoms with Gasteiger partial charge >= 0.3 is 0 Å². The van der Waals surface area contributed by atoms with Crippen molar-refractivity contribution in [2.24, 2.45) is 0 Å². The van der Waals surface area contributed by atoms with Gasteiger partial charge < -0.3 is 14.8 Å². The number of ether oxygens (including phenoxy) is 2. The van der Waals surface area contributed by atoms with Gasteiger partial charge in [0.1, 0.15) is 5.69 Å². The van der Waals surface area contributed by atoms with E-state index in [1.165, 1.54) is 12.1 Å². The number of hydrogen-bond donors (Lipinski definition) is 2. The number of benzene rings is 1. The minimum absolute atomic E-state index is 0.148. The third-order valence-corrected chi connectivity index (χ3v) is 3.50. The van der Waals surface area contributed by atoms with E-state index in [1.807, 2.05) is 26.0 Å². The molecule has 23 heavy (non-hydrogen) atoms. The monoisotopic (exact) mass is 317 g/mol. The molecule has 0 aliphatic heterocycles. The summed E-state index contributed by atoms with van der Waals surface area (Å²) in [6.45, 7) is 3.79. The third-order valence-electron chi connectivity index (χ3n) is 3.50. The molecule has 1 aromatic carbocycles. The molecule has 0 radical (unpaired) electrons. The quantitative estimate of drug-likeness (QED) is 0.873. The van der Waals surface area contributed by atoms with E-state index in [-0.39, 0.29) is 23.2 Å². The Morgan fingerprint density at radius 3 is 2.43 bits per heavy atom. The van der Waals surface area contributed by atoms with Crippen molar-refractivity contribution in [3.05, 3.63) is 51.4 Å². The molecule has 1 aromatic heterocycles. The second-order valence-electron chi connectivity index (χ2n) is 5.07. The van der Waals surface area contributed by atoms with Crippen molar-refractivity contribution in [3.63, 3.8) is 0 Å². The third kappa shape index (κ3) is 3.68. The van der Waals surface area contributed by atoms with Crippen molar-refractivity contribution in [2.75, 3.05) is 14.2 Å². The van der Waals surface area contributed by atoms with Crippen LogP contribution in [-0.2, 0) is 0 Å². The van der Waals surface area contributed by atoms with Crippen LogP contribution < -0.4 is 20.3 Å². The Balaban J connectivity index is 2.23. The fourth-order valence-corrected chi connectivity index (χ4v) is 2.28. The molecule has 1 amide bonds. The number of hydrogen-bond acceptors (Lipinski definition) is 5. The van der Waals surface area contributed by atoms with Gasteiger partial charge in [-0.1, -0.05) is 0 Å². The summed E-state index contributed by atoms with van der Waals surface area (Å²) >= 11 is 0. The van der Waals surface area contributed by atoms with Gasteiger partial charge in [0.25, 0.3) is 11.5 Å². The lowest BCUT2D eigenvalue weighted by molar-refractivity contribution is 0.0933. The largest absolute Gasteiger partial charge is 0.493 e. The van der Waals surface area contributed by atoms with Crippen molar-refractivity contribution in [1.29, 1.82) is 0 Å². The second kappa shape index (κ2) is 6.95. The smallest absolute Gasteiger partial charge is 0.272 e. The number of amides is 1. The highest BCUT2D eigenvalue weighted by molar-refractivity contribution is 5.92. The standard InChI is InChI=1S/C16H19N3O4/c1-9-7-13(22-3)14(23-4)8-11(9)10(2)17-16(21)12-5-6-15(20)19-18-12/h5-8,10H,1-4H3,(H,17,21)(H,19,20)/t10-/m0/s1. The van der Waals surface area contributed by atoms with Gasteiger partial charge in [-0.25, -0.2) is 5.10 Å². The summed E-state index contributed by atoms with van der Waals surface area (Å²) < 4.78 is 10.6. The normalized spacial score (nSPS) is 11.7. The van der Waals surface area contributed by atoms with E-state index in [1.54, 1.807) is 14.2 Å². The molecule has 0 unspecified atom stereocenters. The number of nitrogens with zero attached hydrogens (tertiary/aromatic N) is 1. The van der Waals surface area contributed by atoms with E-state index in [0.717, 1.165) is 11.1 Å². The zero-order valence-corrected chi connectivity index (χ0v) is 13.5. The van der Waals surface area contributed by atoms with Crippen molar-refractivity contribution >= 4 is 5.91 Å². The minimum Gasteiger partial charge on any atom is -0.493 e. The van der Waals surface area contributed by atoms with Crippen LogP contribution in [0.5, 0.6) is 11.5 Å². The van der Waals surface area contributed by atoms with Gasteiger partial charge in [0, 0.05) is 6.07 Å². The first-order valence-electron chi connectivity index (χ1n) is 7.05. The van der Waals surface area contributed by atoms with Crippen molar-refractivity contribution in [2.45, 2.75) is 19.9 Å². The minimum atomic E-state index is -0.372. The predicted octanol–water partition coefficient (Wildman–Crippen LogP) is 1.59. The molecule has 2 rings (SSSR count). The van der Waals surface area contributed by atoms with Crippen LogP contribution in [0.2, 0.25) is 0 Å². The molecule has 0 saturated heterocycles. The molecular formula is C16H19N3O4. The first kappa shape index (κ1) is 16.5. The summed E-state index contributed by atoms with van der Waals surface area (Å²) in [7, 11) is 3.13. The highest BCUT2D eigenvalue weighted by atomic mass is 16.5. The Kier molecular flexibility index (Phi) is 5.00. The Morgan fingerprint density at radius 1 is 1.22 bits per heavy atom. The van der Waals surface area contributed by atoms with E-state index in [0.29, 0.717) is 11.5 Å². The van der Waals surface area contributed by atoms with E-state index in [2.05, 4.69) is 15.5 Å². The first-order chi connectivity index (χ1) is 11.0. The number of methoxy groups -OCH3 is 2. The first-order valence-corrected chi connectivity index (χ1v) is 7.05. The van der Waals surface area contributed by atoms with Crippen LogP contribution in [0.25, 0.3) is 0 Å². The molecule has 2 N–H and O–H groups in total. The van der Waals surface area contributed by atoms with Crippen molar-refractivity contribution < 1.29 is 14.3 Å². The molecule has 0 bridgehead atoms. The second-order valence-corrected chi connectivity index (χ2v) is 5.07. The number of aromatic nitrogens is 2. The van der Waals surface area contributed by atoms with Crippen LogP contribution in [0.3, 0.4) is 0 Å². The fourth-order valence-electron chi connectivity index (χ4n) is 2.28. The lowest BCUT2D eigenvalue weighted by atomic mass is 10.0. The molecule has 1 heterocycles. The Morgan fingerprint density at radius 2 is 1.87 bits per heavy atom. The summed E-state index contributed by atoms with van der Waals surface area (Å²) in [5, 5.41) is 8.79. The predicted molar refractivity (Wildman–Crippen MR) is 85.0 cm³/mol. The molecule has 122 valence electrons. The Hall–Kier alpha value is -2.83. The summed E-state index contributed by atoms with van der Waals surface area (Å²) in [5.41, 5.74) is 1.66. The van der Waals surface area contributed by atoms with Crippen LogP contribution >= 0.6 is 0 Å². The summed E-state index contributed by atoms with van der Waals surface area (Å²) in [6, 6.07) is 6.06. The van der Waals surface area contributed by atoms with Crippen molar-refractivity contribution in [1.82, 2.24) is 15.5 Å². The number of aryl methyl sites for hydroxylation is 1. The lowest BCUT2D eigenvalue weighted by Gasteiger charge is -2.19. The molecule has 7 heteroatoms. The number of nitrogens with one attached hydrogen (secondary N) is 2.